The molecule has 1 saturated heterocycles. The second-order valence-electron chi connectivity index (χ2n) is 7.80. The third-order valence-electron chi connectivity index (χ3n) is 5.74. The first-order chi connectivity index (χ1) is 12.0. The first kappa shape index (κ1) is 17.0. The van der Waals surface area contributed by atoms with E-state index < -0.39 is 0 Å². The molecule has 1 aromatic rings. The molecule has 1 N–H and O–H groups in total. The van der Waals surface area contributed by atoms with Crippen LogP contribution in [0.4, 0.5) is 0 Å². The Morgan fingerprint density at radius 3 is 2.92 bits per heavy atom. The lowest BCUT2D eigenvalue weighted by molar-refractivity contribution is -0.123. The van der Waals surface area contributed by atoms with E-state index in [1.165, 1.54) is 0 Å². The Bertz CT molecular complexity index is 717. The van der Waals surface area contributed by atoms with Crippen molar-refractivity contribution in [2.75, 3.05) is 33.2 Å². The topological polar surface area (TPSA) is 52.7 Å². The molecule has 0 aromatic heterocycles. The van der Waals surface area contributed by atoms with Gasteiger partial charge in [0.05, 0.1) is 6.54 Å². The number of hydrogen-bond acceptors (Lipinski definition) is 3. The summed E-state index contributed by atoms with van der Waals surface area (Å²) in [5.74, 6) is -0.0547. The van der Waals surface area contributed by atoms with E-state index in [2.05, 4.69) is 39.3 Å². The van der Waals surface area contributed by atoms with Crippen molar-refractivity contribution in [2.24, 2.45) is 0 Å². The Labute approximate surface area is 156 Å². The van der Waals surface area contributed by atoms with Crippen LogP contribution in [0.15, 0.2) is 22.7 Å². The lowest BCUT2D eigenvalue weighted by Gasteiger charge is -2.35. The van der Waals surface area contributed by atoms with Gasteiger partial charge in [0, 0.05) is 34.6 Å². The fraction of sp³-hybridized carbons (Fsp3) is 0.579. The summed E-state index contributed by atoms with van der Waals surface area (Å²) in [4.78, 5) is 29.3. The Morgan fingerprint density at radius 2 is 2.20 bits per heavy atom. The number of likely N-dealkylation sites (tertiary alicyclic amines) is 1. The fourth-order valence-corrected chi connectivity index (χ4v) is 4.63. The van der Waals surface area contributed by atoms with Crippen molar-refractivity contribution < 1.29 is 9.59 Å². The second-order valence-corrected chi connectivity index (χ2v) is 8.72. The number of hydrogen-bond donors (Lipinski definition) is 1. The van der Waals surface area contributed by atoms with E-state index in [9.17, 15) is 9.59 Å². The largest absolute Gasteiger partial charge is 0.351 e. The predicted octanol–water partition coefficient (Wildman–Crippen LogP) is 2.15. The summed E-state index contributed by atoms with van der Waals surface area (Å²) in [7, 11) is 2.08. The zero-order valence-electron chi connectivity index (χ0n) is 14.6. The van der Waals surface area contributed by atoms with Crippen molar-refractivity contribution in [3.8, 4) is 0 Å². The molecule has 3 aliphatic rings. The van der Waals surface area contributed by atoms with Crippen LogP contribution in [0, 0.1) is 0 Å². The number of benzene rings is 1. The van der Waals surface area contributed by atoms with Gasteiger partial charge in [-0.25, -0.2) is 0 Å². The lowest BCUT2D eigenvalue weighted by Crippen LogP contribution is -2.52. The minimum Gasteiger partial charge on any atom is -0.351 e. The summed E-state index contributed by atoms with van der Waals surface area (Å²) in [5.41, 5.74) is 1.98. The van der Waals surface area contributed by atoms with Crippen molar-refractivity contribution in [2.45, 2.75) is 37.1 Å². The average Bonchev–Trinajstić information content (AvgIpc) is 3.33. The van der Waals surface area contributed by atoms with Crippen molar-refractivity contribution >= 4 is 27.7 Å². The van der Waals surface area contributed by atoms with Crippen LogP contribution in [-0.2, 0) is 10.2 Å². The monoisotopic (exact) mass is 405 g/mol. The van der Waals surface area contributed by atoms with E-state index in [1.807, 2.05) is 12.1 Å². The maximum atomic E-state index is 12.8. The highest BCUT2D eigenvalue weighted by Crippen LogP contribution is 2.52. The van der Waals surface area contributed by atoms with Crippen LogP contribution in [0.3, 0.4) is 0 Å². The number of piperidine rings is 1. The molecule has 1 spiro atoms. The van der Waals surface area contributed by atoms with Gasteiger partial charge in [-0.3, -0.25) is 9.59 Å². The van der Waals surface area contributed by atoms with Crippen LogP contribution in [0.2, 0.25) is 0 Å². The molecular weight excluding hydrogens is 382 g/mol. The molecule has 0 radical (unpaired) electrons. The fourth-order valence-electron chi connectivity index (χ4n) is 4.27. The summed E-state index contributed by atoms with van der Waals surface area (Å²) in [5, 5.41) is 3.12. The molecule has 2 aliphatic heterocycles. The molecule has 134 valence electrons. The van der Waals surface area contributed by atoms with Gasteiger partial charge in [0.2, 0.25) is 5.91 Å². The number of nitrogens with one attached hydrogen (secondary N) is 1. The molecule has 2 amide bonds. The van der Waals surface area contributed by atoms with Crippen LogP contribution in [0.25, 0.3) is 0 Å². The van der Waals surface area contributed by atoms with E-state index in [0.717, 1.165) is 54.4 Å². The highest BCUT2D eigenvalue weighted by Gasteiger charge is 2.51. The van der Waals surface area contributed by atoms with Gasteiger partial charge in [-0.2, -0.15) is 0 Å². The molecule has 1 aromatic carbocycles. The average molecular weight is 406 g/mol. The Hall–Kier alpha value is -1.40. The van der Waals surface area contributed by atoms with Gasteiger partial charge >= 0.3 is 0 Å². The molecule has 5 nitrogen and oxygen atoms in total. The molecule has 2 fully saturated rings. The van der Waals surface area contributed by atoms with E-state index in [1.54, 1.807) is 4.90 Å². The summed E-state index contributed by atoms with van der Waals surface area (Å²) in [6.45, 7) is 2.80. The Morgan fingerprint density at radius 1 is 1.40 bits per heavy atom. The number of carbonyl (C=O) groups is 2. The van der Waals surface area contributed by atoms with Gasteiger partial charge in [0.15, 0.2) is 0 Å². The third-order valence-corrected chi connectivity index (χ3v) is 6.23. The maximum Gasteiger partial charge on any atom is 0.254 e. The second kappa shape index (κ2) is 6.40. The number of halogens is 1. The molecule has 0 bridgehead atoms. The highest BCUT2D eigenvalue weighted by atomic mass is 79.9. The summed E-state index contributed by atoms with van der Waals surface area (Å²) < 4.78 is 1.01. The molecule has 2 heterocycles. The quantitative estimate of drug-likeness (QED) is 0.837. The summed E-state index contributed by atoms with van der Waals surface area (Å²) in [6.07, 6.45) is 4.31. The van der Waals surface area contributed by atoms with Gasteiger partial charge in [-0.1, -0.05) is 15.9 Å². The number of nitrogens with zero attached hydrogens (tertiary/aromatic N) is 2. The smallest absolute Gasteiger partial charge is 0.254 e. The SMILES string of the molecule is CN1CCC[C@H](NC(=O)CN2CC3(CC3)c3cc(Br)ccc3C2=O)C1. The molecular formula is C19H24BrN3O2. The number of amides is 2. The Kier molecular flexibility index (Phi) is 4.36. The van der Waals surface area contributed by atoms with Crippen molar-refractivity contribution in [3.63, 3.8) is 0 Å². The zero-order chi connectivity index (χ0) is 17.6. The van der Waals surface area contributed by atoms with Crippen LogP contribution < -0.4 is 5.32 Å². The van der Waals surface area contributed by atoms with E-state index in [-0.39, 0.29) is 29.8 Å². The van der Waals surface area contributed by atoms with Gasteiger partial charge in [0.25, 0.3) is 5.91 Å². The highest BCUT2D eigenvalue weighted by molar-refractivity contribution is 9.10. The van der Waals surface area contributed by atoms with Crippen LogP contribution in [0.1, 0.15) is 41.6 Å². The minimum absolute atomic E-state index is 0.0177. The van der Waals surface area contributed by atoms with Gasteiger partial charge < -0.3 is 15.1 Å². The zero-order valence-corrected chi connectivity index (χ0v) is 16.1. The van der Waals surface area contributed by atoms with Crippen molar-refractivity contribution in [3.05, 3.63) is 33.8 Å². The summed E-state index contributed by atoms with van der Waals surface area (Å²) >= 11 is 3.51. The third kappa shape index (κ3) is 3.34. The maximum absolute atomic E-state index is 12.8. The molecule has 1 saturated carbocycles. The summed E-state index contributed by atoms with van der Waals surface area (Å²) in [6, 6.07) is 6.08. The normalized spacial score (nSPS) is 25.0. The standard InChI is InChI=1S/C19H24BrN3O2/c1-22-8-2-3-14(10-22)21-17(24)11-23-12-19(6-7-19)16-9-13(20)4-5-15(16)18(23)25/h4-5,9,14H,2-3,6-8,10-12H2,1H3,(H,21,24)/t14-/m0/s1. The number of likely N-dealkylation sites (N-methyl/N-ethyl adjacent to an activating group) is 1. The number of carbonyl (C=O) groups excluding carboxylic acids is 2. The van der Waals surface area contributed by atoms with Crippen molar-refractivity contribution in [1.82, 2.24) is 15.1 Å². The van der Waals surface area contributed by atoms with E-state index in [4.69, 9.17) is 0 Å². The van der Waals surface area contributed by atoms with Crippen LogP contribution in [0.5, 0.6) is 0 Å². The first-order valence-electron chi connectivity index (χ1n) is 9.04. The number of rotatable bonds is 3. The van der Waals surface area contributed by atoms with Gasteiger partial charge in [-0.15, -0.1) is 0 Å². The van der Waals surface area contributed by atoms with Gasteiger partial charge in [-0.05, 0) is 63.0 Å². The predicted molar refractivity (Wildman–Crippen MR) is 99.6 cm³/mol. The Balaban J connectivity index is 1.46. The van der Waals surface area contributed by atoms with E-state index >= 15 is 0 Å². The molecule has 1 atom stereocenters. The van der Waals surface area contributed by atoms with Crippen LogP contribution >= 0.6 is 15.9 Å². The van der Waals surface area contributed by atoms with Crippen molar-refractivity contribution in [1.29, 1.82) is 0 Å². The number of fused-ring (bicyclic) bond motifs is 2. The van der Waals surface area contributed by atoms with Crippen LogP contribution in [-0.4, -0.2) is 60.9 Å². The first-order valence-corrected chi connectivity index (χ1v) is 9.83. The molecule has 0 unspecified atom stereocenters. The molecule has 1 aliphatic carbocycles. The molecule has 25 heavy (non-hydrogen) atoms. The lowest BCUT2D eigenvalue weighted by atomic mass is 9.86. The van der Waals surface area contributed by atoms with E-state index in [0.29, 0.717) is 6.54 Å². The minimum atomic E-state index is -0.0370. The van der Waals surface area contributed by atoms with Gasteiger partial charge in [0.1, 0.15) is 0 Å². The molecule has 4 rings (SSSR count). The molecule has 6 heteroatoms.